The van der Waals surface area contributed by atoms with Gasteiger partial charge < -0.3 is 5.11 Å². The van der Waals surface area contributed by atoms with Gasteiger partial charge in [0, 0.05) is 23.7 Å². The lowest BCUT2D eigenvalue weighted by atomic mass is 10.2. The molecule has 6 heteroatoms. The number of aliphatic hydroxyl groups is 1. The van der Waals surface area contributed by atoms with E-state index >= 15 is 0 Å². The molecule has 1 aromatic carbocycles. The zero-order chi connectivity index (χ0) is 11.7. The van der Waals surface area contributed by atoms with Gasteiger partial charge in [0.15, 0.2) is 0 Å². The molecule has 6 nitrogen and oxygen atoms in total. The molecule has 16 heavy (non-hydrogen) atoms. The summed E-state index contributed by atoms with van der Waals surface area (Å²) in [6.45, 7) is 2.04. The van der Waals surface area contributed by atoms with Crippen LogP contribution in [-0.2, 0) is 6.54 Å². The summed E-state index contributed by atoms with van der Waals surface area (Å²) < 4.78 is 1.58. The first-order valence-electron chi connectivity index (χ1n) is 4.86. The van der Waals surface area contributed by atoms with E-state index in [2.05, 4.69) is 5.10 Å². The molecule has 0 fully saturated rings. The minimum atomic E-state index is -0.496. The van der Waals surface area contributed by atoms with E-state index in [0.717, 1.165) is 0 Å². The van der Waals surface area contributed by atoms with Crippen molar-refractivity contribution in [2.45, 2.75) is 19.6 Å². The fraction of sp³-hybridized carbons (Fsp3) is 0.300. The molecular weight excluding hydrogens is 210 g/mol. The van der Waals surface area contributed by atoms with Crippen molar-refractivity contribution in [2.24, 2.45) is 0 Å². The quantitative estimate of drug-likeness (QED) is 0.626. The molecule has 0 saturated carbocycles. The standard InChI is InChI=1S/C10H11N3O3/c1-7(14)5-12-6-8-4-9(13(15)16)2-3-10(8)11-12/h2-4,6-7,14H,5H2,1H3. The molecule has 0 aliphatic heterocycles. The molecule has 0 aliphatic rings. The van der Waals surface area contributed by atoms with Gasteiger partial charge in [-0.15, -0.1) is 0 Å². The average molecular weight is 221 g/mol. The van der Waals surface area contributed by atoms with Crippen LogP contribution in [-0.4, -0.2) is 25.9 Å². The highest BCUT2D eigenvalue weighted by Crippen LogP contribution is 2.19. The predicted molar refractivity (Wildman–Crippen MR) is 58.1 cm³/mol. The monoisotopic (exact) mass is 221 g/mol. The Kier molecular flexibility index (Phi) is 2.57. The number of rotatable bonds is 3. The highest BCUT2D eigenvalue weighted by molar-refractivity contribution is 5.80. The van der Waals surface area contributed by atoms with Crippen LogP contribution >= 0.6 is 0 Å². The summed E-state index contributed by atoms with van der Waals surface area (Å²) in [5, 5.41) is 24.7. The Hall–Kier alpha value is -1.95. The number of nitro groups is 1. The number of benzene rings is 1. The number of aliphatic hydroxyl groups excluding tert-OH is 1. The first kappa shape index (κ1) is 10.6. The minimum absolute atomic E-state index is 0.0455. The van der Waals surface area contributed by atoms with Gasteiger partial charge >= 0.3 is 0 Å². The van der Waals surface area contributed by atoms with Gasteiger partial charge in [-0.2, -0.15) is 5.10 Å². The predicted octanol–water partition coefficient (Wildman–Crippen LogP) is 1.33. The van der Waals surface area contributed by atoms with Crippen molar-refractivity contribution in [3.63, 3.8) is 0 Å². The van der Waals surface area contributed by atoms with Crippen molar-refractivity contribution in [1.29, 1.82) is 0 Å². The third-order valence-electron chi connectivity index (χ3n) is 2.20. The van der Waals surface area contributed by atoms with Crippen LogP contribution in [0.5, 0.6) is 0 Å². The summed E-state index contributed by atoms with van der Waals surface area (Å²) in [6, 6.07) is 4.49. The molecule has 0 bridgehead atoms. The van der Waals surface area contributed by atoms with Crippen molar-refractivity contribution >= 4 is 16.6 Å². The zero-order valence-electron chi connectivity index (χ0n) is 8.70. The van der Waals surface area contributed by atoms with Crippen LogP contribution in [0.3, 0.4) is 0 Å². The van der Waals surface area contributed by atoms with Gasteiger partial charge in [0.2, 0.25) is 0 Å². The molecule has 1 atom stereocenters. The van der Waals surface area contributed by atoms with Crippen LogP contribution in [0, 0.1) is 10.1 Å². The van der Waals surface area contributed by atoms with Crippen LogP contribution in [0.1, 0.15) is 6.92 Å². The Morgan fingerprint density at radius 3 is 3.00 bits per heavy atom. The van der Waals surface area contributed by atoms with E-state index in [0.29, 0.717) is 17.4 Å². The van der Waals surface area contributed by atoms with Gasteiger partial charge in [-0.3, -0.25) is 14.8 Å². The maximum absolute atomic E-state index is 10.6. The highest BCUT2D eigenvalue weighted by Gasteiger charge is 2.09. The zero-order valence-corrected chi connectivity index (χ0v) is 8.70. The topological polar surface area (TPSA) is 81.2 Å². The summed E-state index contributed by atoms with van der Waals surface area (Å²) in [5.41, 5.74) is 0.732. The summed E-state index contributed by atoms with van der Waals surface area (Å²) in [4.78, 5) is 10.1. The second-order valence-corrected chi connectivity index (χ2v) is 3.70. The van der Waals surface area contributed by atoms with E-state index in [1.54, 1.807) is 23.9 Å². The molecule has 1 N–H and O–H groups in total. The van der Waals surface area contributed by atoms with Gasteiger partial charge in [0.05, 0.1) is 23.1 Å². The van der Waals surface area contributed by atoms with Crippen molar-refractivity contribution in [3.05, 3.63) is 34.5 Å². The van der Waals surface area contributed by atoms with E-state index in [1.807, 2.05) is 0 Å². The van der Waals surface area contributed by atoms with Gasteiger partial charge in [0.1, 0.15) is 0 Å². The molecule has 0 radical (unpaired) electrons. The summed E-state index contributed by atoms with van der Waals surface area (Å²) in [5.74, 6) is 0. The molecule has 0 amide bonds. The van der Waals surface area contributed by atoms with E-state index < -0.39 is 11.0 Å². The molecule has 0 saturated heterocycles. The Morgan fingerprint density at radius 1 is 1.62 bits per heavy atom. The fourth-order valence-corrected chi connectivity index (χ4v) is 1.54. The number of hydrogen-bond acceptors (Lipinski definition) is 4. The van der Waals surface area contributed by atoms with Crippen LogP contribution in [0.2, 0.25) is 0 Å². The molecule has 0 spiro atoms. The molecular formula is C10H11N3O3. The number of hydrogen-bond donors (Lipinski definition) is 1. The molecule has 84 valence electrons. The third kappa shape index (κ3) is 2.01. The van der Waals surface area contributed by atoms with Crippen molar-refractivity contribution < 1.29 is 10.0 Å². The SMILES string of the molecule is CC(O)Cn1cc2cc([N+](=O)[O-])ccc2n1. The molecule has 1 aromatic heterocycles. The number of aromatic nitrogens is 2. The smallest absolute Gasteiger partial charge is 0.270 e. The largest absolute Gasteiger partial charge is 0.391 e. The van der Waals surface area contributed by atoms with Gasteiger partial charge in [-0.1, -0.05) is 0 Å². The molecule has 2 aromatic rings. The molecule has 2 rings (SSSR count). The van der Waals surface area contributed by atoms with Crippen molar-refractivity contribution in [1.82, 2.24) is 9.78 Å². The number of nitrogens with zero attached hydrogens (tertiary/aromatic N) is 3. The second kappa shape index (κ2) is 3.90. The first-order chi connectivity index (χ1) is 7.56. The summed E-state index contributed by atoms with van der Waals surface area (Å²) in [6.07, 6.45) is 1.19. The van der Waals surface area contributed by atoms with Crippen molar-refractivity contribution in [3.8, 4) is 0 Å². The number of nitro benzene ring substituents is 1. The van der Waals surface area contributed by atoms with Gasteiger partial charge in [-0.25, -0.2) is 0 Å². The van der Waals surface area contributed by atoms with E-state index in [4.69, 9.17) is 0 Å². The maximum atomic E-state index is 10.6. The van der Waals surface area contributed by atoms with E-state index in [1.165, 1.54) is 12.1 Å². The highest BCUT2D eigenvalue weighted by atomic mass is 16.6. The lowest BCUT2D eigenvalue weighted by Gasteiger charge is -2.02. The Balaban J connectivity index is 2.42. The average Bonchev–Trinajstić information content (AvgIpc) is 2.56. The van der Waals surface area contributed by atoms with Crippen LogP contribution in [0.25, 0.3) is 10.9 Å². The second-order valence-electron chi connectivity index (χ2n) is 3.70. The lowest BCUT2D eigenvalue weighted by Crippen LogP contribution is -2.11. The normalized spacial score (nSPS) is 12.9. The Bertz CT molecular complexity index is 533. The van der Waals surface area contributed by atoms with E-state index in [9.17, 15) is 15.2 Å². The fourth-order valence-electron chi connectivity index (χ4n) is 1.54. The molecule has 1 heterocycles. The maximum Gasteiger partial charge on any atom is 0.270 e. The molecule has 0 aliphatic carbocycles. The van der Waals surface area contributed by atoms with Gasteiger partial charge in [-0.05, 0) is 13.0 Å². The Labute approximate surface area is 91.3 Å². The van der Waals surface area contributed by atoms with Crippen molar-refractivity contribution in [2.75, 3.05) is 0 Å². The number of non-ortho nitro benzene ring substituents is 1. The Morgan fingerprint density at radius 2 is 2.38 bits per heavy atom. The minimum Gasteiger partial charge on any atom is -0.391 e. The van der Waals surface area contributed by atoms with Crippen LogP contribution in [0.4, 0.5) is 5.69 Å². The summed E-state index contributed by atoms with van der Waals surface area (Å²) >= 11 is 0. The third-order valence-corrected chi connectivity index (χ3v) is 2.20. The molecule has 1 unspecified atom stereocenters. The van der Waals surface area contributed by atoms with Gasteiger partial charge in [0.25, 0.3) is 5.69 Å². The first-order valence-corrected chi connectivity index (χ1v) is 4.86. The van der Waals surface area contributed by atoms with Crippen LogP contribution < -0.4 is 0 Å². The number of fused-ring (bicyclic) bond motifs is 1. The summed E-state index contributed by atoms with van der Waals surface area (Å²) in [7, 11) is 0. The van der Waals surface area contributed by atoms with E-state index in [-0.39, 0.29) is 5.69 Å². The lowest BCUT2D eigenvalue weighted by molar-refractivity contribution is -0.384. The van der Waals surface area contributed by atoms with Crippen LogP contribution in [0.15, 0.2) is 24.4 Å².